The maximum atomic E-state index is 13.5. The fourth-order valence-corrected chi connectivity index (χ4v) is 4.04. The van der Waals surface area contributed by atoms with Crippen LogP contribution in [0.3, 0.4) is 0 Å². The van der Waals surface area contributed by atoms with E-state index >= 15 is 0 Å². The Balaban J connectivity index is 1.84. The van der Waals surface area contributed by atoms with Crippen molar-refractivity contribution in [2.75, 3.05) is 6.54 Å². The number of aliphatic carboxylic acids is 2. The predicted octanol–water partition coefficient (Wildman–Crippen LogP) is 0.316. The first-order valence-electron chi connectivity index (χ1n) is 12.3. The first kappa shape index (κ1) is 28.9. The molecule has 206 valence electrons. The van der Waals surface area contributed by atoms with E-state index in [2.05, 4.69) is 20.9 Å². The third kappa shape index (κ3) is 8.68. The predicted molar refractivity (Wildman–Crippen MR) is 142 cm³/mol. The van der Waals surface area contributed by atoms with Crippen molar-refractivity contribution in [3.05, 3.63) is 71.9 Å². The molecule has 12 heteroatoms. The van der Waals surface area contributed by atoms with Crippen LogP contribution in [0.15, 0.2) is 60.8 Å². The molecule has 0 aliphatic heterocycles. The number of carbonyl (C=O) groups is 5. The second kappa shape index (κ2) is 13.7. The molecule has 0 saturated heterocycles. The number of H-pyrrole nitrogens is 1. The highest BCUT2D eigenvalue weighted by Crippen LogP contribution is 2.19. The number of carboxylic acids is 2. The largest absolute Gasteiger partial charge is 0.481 e. The first-order chi connectivity index (χ1) is 18.6. The van der Waals surface area contributed by atoms with Gasteiger partial charge < -0.3 is 36.9 Å². The van der Waals surface area contributed by atoms with Crippen LogP contribution >= 0.6 is 0 Å². The Labute approximate surface area is 224 Å². The third-order valence-electron chi connectivity index (χ3n) is 6.07. The van der Waals surface area contributed by atoms with Gasteiger partial charge in [0.25, 0.3) is 0 Å². The second-order valence-corrected chi connectivity index (χ2v) is 9.03. The van der Waals surface area contributed by atoms with Crippen LogP contribution in [0.2, 0.25) is 0 Å². The Bertz CT molecular complexity index is 1320. The number of benzene rings is 2. The summed E-state index contributed by atoms with van der Waals surface area (Å²) in [4.78, 5) is 64.1. The van der Waals surface area contributed by atoms with Crippen LogP contribution in [0.25, 0.3) is 10.9 Å². The summed E-state index contributed by atoms with van der Waals surface area (Å²) in [6.45, 7) is -0.631. The molecule has 0 bridgehead atoms. The van der Waals surface area contributed by atoms with Gasteiger partial charge in [-0.1, -0.05) is 48.5 Å². The maximum Gasteiger partial charge on any atom is 0.322 e. The maximum absolute atomic E-state index is 13.5. The zero-order valence-corrected chi connectivity index (χ0v) is 21.1. The van der Waals surface area contributed by atoms with Gasteiger partial charge in [-0.05, 0) is 23.6 Å². The molecule has 12 nitrogen and oxygen atoms in total. The molecular weight excluding hydrogens is 506 g/mol. The lowest BCUT2D eigenvalue weighted by atomic mass is 10.0. The molecule has 0 aliphatic rings. The van der Waals surface area contributed by atoms with Crippen LogP contribution in [-0.4, -0.2) is 69.5 Å². The minimum absolute atomic E-state index is 0.0437. The zero-order chi connectivity index (χ0) is 28.4. The Morgan fingerprint density at radius 3 is 2.13 bits per heavy atom. The number of aromatic nitrogens is 1. The fourth-order valence-electron chi connectivity index (χ4n) is 4.04. The van der Waals surface area contributed by atoms with Gasteiger partial charge in [0.05, 0.1) is 6.04 Å². The number of rotatable bonds is 14. The van der Waals surface area contributed by atoms with Crippen molar-refractivity contribution in [1.29, 1.82) is 0 Å². The number of amides is 3. The summed E-state index contributed by atoms with van der Waals surface area (Å²) in [5, 5.41) is 26.2. The van der Waals surface area contributed by atoms with Gasteiger partial charge in [-0.15, -0.1) is 0 Å². The fraction of sp³-hybridized carbons (Fsp3) is 0.296. The molecule has 3 rings (SSSR count). The number of carboxylic acid groups (broad SMARTS) is 2. The van der Waals surface area contributed by atoms with Crippen molar-refractivity contribution >= 4 is 40.6 Å². The average molecular weight is 538 g/mol. The van der Waals surface area contributed by atoms with Gasteiger partial charge in [-0.2, -0.15) is 0 Å². The number of hydrogen-bond acceptors (Lipinski definition) is 6. The van der Waals surface area contributed by atoms with Crippen molar-refractivity contribution in [1.82, 2.24) is 20.9 Å². The van der Waals surface area contributed by atoms with Gasteiger partial charge >= 0.3 is 11.9 Å². The molecule has 1 heterocycles. The van der Waals surface area contributed by atoms with Gasteiger partial charge in [0.15, 0.2) is 0 Å². The molecule has 0 fully saturated rings. The van der Waals surface area contributed by atoms with E-state index in [4.69, 9.17) is 15.9 Å². The first-order valence-corrected chi connectivity index (χ1v) is 12.3. The number of carbonyl (C=O) groups excluding carboxylic acids is 3. The molecule has 0 saturated carbocycles. The average Bonchev–Trinajstić information content (AvgIpc) is 3.32. The molecule has 3 atom stereocenters. The summed E-state index contributed by atoms with van der Waals surface area (Å²) in [5.74, 6) is -4.46. The van der Waals surface area contributed by atoms with E-state index in [0.717, 1.165) is 22.0 Å². The molecular formula is C27H31N5O7. The second-order valence-electron chi connectivity index (χ2n) is 9.03. The Morgan fingerprint density at radius 1 is 0.795 bits per heavy atom. The van der Waals surface area contributed by atoms with Crippen molar-refractivity contribution in [2.45, 2.75) is 43.8 Å². The molecule has 0 radical (unpaired) electrons. The molecule has 3 amide bonds. The van der Waals surface area contributed by atoms with Crippen LogP contribution < -0.4 is 21.7 Å². The van der Waals surface area contributed by atoms with Gasteiger partial charge in [0, 0.05) is 36.4 Å². The number of hydrogen-bond donors (Lipinski definition) is 7. The highest BCUT2D eigenvalue weighted by atomic mass is 16.4. The monoisotopic (exact) mass is 537 g/mol. The Hall–Kier alpha value is -4.71. The molecule has 3 unspecified atom stereocenters. The van der Waals surface area contributed by atoms with E-state index in [0.29, 0.717) is 0 Å². The van der Waals surface area contributed by atoms with E-state index in [1.807, 2.05) is 24.3 Å². The molecule has 0 aliphatic carbocycles. The number of nitrogens with one attached hydrogen (secondary N) is 4. The number of para-hydroxylation sites is 1. The van der Waals surface area contributed by atoms with Crippen molar-refractivity contribution in [3.63, 3.8) is 0 Å². The van der Waals surface area contributed by atoms with E-state index in [1.54, 1.807) is 36.5 Å². The van der Waals surface area contributed by atoms with E-state index < -0.39 is 54.3 Å². The molecule has 8 N–H and O–H groups in total. The van der Waals surface area contributed by atoms with Crippen LogP contribution in [-0.2, 0) is 36.8 Å². The standard InChI is InChI=1S/C27H31N5O7/c28-19(10-11-23(33)34)25(37)31-22(13-17-14-29-20-9-5-4-8-18(17)20)27(39)32-21(26(38)30-15-24(35)36)12-16-6-2-1-3-7-16/h1-9,14,19,21-22,29H,10-13,15,28H2,(H,30,38)(H,31,37)(H,32,39)(H,33,34)(H,35,36). The topological polar surface area (TPSA) is 204 Å². The minimum atomic E-state index is -1.24. The lowest BCUT2D eigenvalue weighted by Gasteiger charge is -2.24. The van der Waals surface area contributed by atoms with Crippen LogP contribution in [0, 0.1) is 0 Å². The van der Waals surface area contributed by atoms with Crippen molar-refractivity contribution < 1.29 is 34.2 Å². The zero-order valence-electron chi connectivity index (χ0n) is 21.1. The highest BCUT2D eigenvalue weighted by Gasteiger charge is 2.29. The molecule has 2 aromatic carbocycles. The summed E-state index contributed by atoms with van der Waals surface area (Å²) in [7, 11) is 0. The lowest BCUT2D eigenvalue weighted by Crippen LogP contribution is -2.57. The van der Waals surface area contributed by atoms with Gasteiger partial charge in [-0.3, -0.25) is 24.0 Å². The van der Waals surface area contributed by atoms with Crippen molar-refractivity contribution in [3.8, 4) is 0 Å². The van der Waals surface area contributed by atoms with Gasteiger partial charge in [0.2, 0.25) is 17.7 Å². The normalized spacial score (nSPS) is 13.2. The number of fused-ring (bicyclic) bond motifs is 1. The Kier molecular flexibility index (Phi) is 10.2. The van der Waals surface area contributed by atoms with Gasteiger partial charge in [0.1, 0.15) is 18.6 Å². The molecule has 0 spiro atoms. The summed E-state index contributed by atoms with van der Waals surface area (Å²) < 4.78 is 0. The third-order valence-corrected chi connectivity index (χ3v) is 6.07. The van der Waals surface area contributed by atoms with Crippen molar-refractivity contribution in [2.24, 2.45) is 5.73 Å². The van der Waals surface area contributed by atoms with Gasteiger partial charge in [-0.25, -0.2) is 0 Å². The Morgan fingerprint density at radius 2 is 1.44 bits per heavy atom. The van der Waals surface area contributed by atoms with Crippen LogP contribution in [0.5, 0.6) is 0 Å². The molecule has 39 heavy (non-hydrogen) atoms. The van der Waals surface area contributed by atoms with E-state index in [-0.39, 0.29) is 25.7 Å². The summed E-state index contributed by atoms with van der Waals surface area (Å²) in [5.41, 5.74) is 8.14. The number of aromatic amines is 1. The number of nitrogens with two attached hydrogens (primary N) is 1. The summed E-state index contributed by atoms with van der Waals surface area (Å²) in [6.07, 6.45) is 1.38. The van der Waals surface area contributed by atoms with Crippen LogP contribution in [0.4, 0.5) is 0 Å². The summed E-state index contributed by atoms with van der Waals surface area (Å²) in [6, 6.07) is 12.8. The molecule has 3 aromatic rings. The highest BCUT2D eigenvalue weighted by molar-refractivity contribution is 5.94. The minimum Gasteiger partial charge on any atom is -0.481 e. The van der Waals surface area contributed by atoms with Crippen LogP contribution in [0.1, 0.15) is 24.0 Å². The quantitative estimate of drug-likeness (QED) is 0.152. The summed E-state index contributed by atoms with van der Waals surface area (Å²) >= 11 is 0. The van der Waals surface area contributed by atoms with E-state index in [9.17, 15) is 24.0 Å². The van der Waals surface area contributed by atoms with E-state index in [1.165, 1.54) is 0 Å². The lowest BCUT2D eigenvalue weighted by molar-refractivity contribution is -0.139. The smallest absolute Gasteiger partial charge is 0.322 e. The molecule has 1 aromatic heterocycles. The SMILES string of the molecule is NC(CCC(=O)O)C(=O)NC(Cc1c[nH]c2ccccc12)C(=O)NC(Cc1ccccc1)C(=O)NCC(=O)O.